The molecule has 2 fully saturated rings. The largest absolute Gasteiger partial charge is 0.314 e. The van der Waals surface area contributed by atoms with Crippen molar-refractivity contribution in [1.29, 1.82) is 0 Å². The molecule has 2 saturated carbocycles. The predicted octanol–water partition coefficient (Wildman–Crippen LogP) is 2.56. The van der Waals surface area contributed by atoms with Crippen LogP contribution in [0.25, 0.3) is 0 Å². The van der Waals surface area contributed by atoms with Gasteiger partial charge in [0.1, 0.15) is 0 Å². The van der Waals surface area contributed by atoms with Crippen LogP contribution in [0, 0.1) is 11.3 Å². The summed E-state index contributed by atoms with van der Waals surface area (Å²) in [6.07, 6.45) is 7.15. The minimum atomic E-state index is 0.612. The zero-order valence-electron chi connectivity index (χ0n) is 8.40. The fourth-order valence-corrected chi connectivity index (χ4v) is 2.27. The van der Waals surface area contributed by atoms with Gasteiger partial charge < -0.3 is 5.32 Å². The van der Waals surface area contributed by atoms with Crippen molar-refractivity contribution < 1.29 is 0 Å². The van der Waals surface area contributed by atoms with Crippen LogP contribution in [0.15, 0.2) is 0 Å². The molecule has 1 nitrogen and oxygen atoms in total. The average Bonchev–Trinajstić information content (AvgIpc) is 2.74. The first-order valence-electron chi connectivity index (χ1n) is 5.39. The summed E-state index contributed by atoms with van der Waals surface area (Å²) in [5.41, 5.74) is 0.612. The molecule has 1 heteroatoms. The second-order valence-electron chi connectivity index (χ2n) is 5.46. The third kappa shape index (κ3) is 2.22. The number of nitrogens with one attached hydrogen (secondary N) is 1. The maximum atomic E-state index is 3.70. The minimum absolute atomic E-state index is 0.612. The predicted molar refractivity (Wildman–Crippen MR) is 52.1 cm³/mol. The molecule has 0 aromatic carbocycles. The van der Waals surface area contributed by atoms with Gasteiger partial charge in [-0.3, -0.25) is 0 Å². The van der Waals surface area contributed by atoms with Gasteiger partial charge >= 0.3 is 0 Å². The molecule has 0 saturated heterocycles. The van der Waals surface area contributed by atoms with Crippen molar-refractivity contribution in [1.82, 2.24) is 5.32 Å². The minimum Gasteiger partial charge on any atom is -0.314 e. The van der Waals surface area contributed by atoms with Crippen molar-refractivity contribution >= 4 is 0 Å². The summed E-state index contributed by atoms with van der Waals surface area (Å²) in [7, 11) is 0. The van der Waals surface area contributed by atoms with Crippen LogP contribution in [0.3, 0.4) is 0 Å². The molecular formula is C11H21N. The molecule has 2 rings (SSSR count). The van der Waals surface area contributed by atoms with Crippen molar-refractivity contribution in [3.8, 4) is 0 Å². The lowest BCUT2D eigenvalue weighted by Gasteiger charge is -2.17. The molecule has 1 atom stereocenters. The van der Waals surface area contributed by atoms with E-state index in [4.69, 9.17) is 0 Å². The van der Waals surface area contributed by atoms with Gasteiger partial charge in [0.25, 0.3) is 0 Å². The molecule has 0 aromatic heterocycles. The second-order valence-corrected chi connectivity index (χ2v) is 5.46. The van der Waals surface area contributed by atoms with E-state index in [0.717, 1.165) is 12.0 Å². The average molecular weight is 167 g/mol. The van der Waals surface area contributed by atoms with Gasteiger partial charge in [-0.2, -0.15) is 0 Å². The number of hydrogen-bond acceptors (Lipinski definition) is 1. The fourth-order valence-electron chi connectivity index (χ4n) is 2.27. The van der Waals surface area contributed by atoms with Gasteiger partial charge in [0.05, 0.1) is 0 Å². The Morgan fingerprint density at radius 2 is 2.00 bits per heavy atom. The summed E-state index contributed by atoms with van der Waals surface area (Å²) in [5.74, 6) is 1.04. The van der Waals surface area contributed by atoms with E-state index in [9.17, 15) is 0 Å². The highest BCUT2D eigenvalue weighted by atomic mass is 14.9. The summed E-state index contributed by atoms with van der Waals surface area (Å²) >= 11 is 0. The smallest absolute Gasteiger partial charge is 0.00724 e. The second kappa shape index (κ2) is 3.02. The molecule has 0 spiro atoms. The molecule has 2 aliphatic carbocycles. The molecule has 0 bridgehead atoms. The number of hydrogen-bond donors (Lipinski definition) is 1. The van der Waals surface area contributed by atoms with E-state index >= 15 is 0 Å². The van der Waals surface area contributed by atoms with Gasteiger partial charge in [-0.05, 0) is 50.0 Å². The van der Waals surface area contributed by atoms with Gasteiger partial charge in [-0.1, -0.05) is 13.8 Å². The summed E-state index contributed by atoms with van der Waals surface area (Å²) in [6, 6.07) is 0.834. The SMILES string of the molecule is CC1(C)CCC(NCC2CC2)C1. The van der Waals surface area contributed by atoms with Crippen LogP contribution in [-0.2, 0) is 0 Å². The van der Waals surface area contributed by atoms with Gasteiger partial charge in [0, 0.05) is 6.04 Å². The van der Waals surface area contributed by atoms with Crippen LogP contribution in [0.4, 0.5) is 0 Å². The highest BCUT2D eigenvalue weighted by Crippen LogP contribution is 2.37. The number of rotatable bonds is 3. The Balaban J connectivity index is 1.68. The van der Waals surface area contributed by atoms with E-state index < -0.39 is 0 Å². The van der Waals surface area contributed by atoms with Crippen LogP contribution in [0.2, 0.25) is 0 Å². The Kier molecular flexibility index (Phi) is 2.16. The van der Waals surface area contributed by atoms with Gasteiger partial charge in [0.15, 0.2) is 0 Å². The molecule has 0 radical (unpaired) electrons. The zero-order chi connectivity index (χ0) is 8.60. The fraction of sp³-hybridized carbons (Fsp3) is 1.00. The Bertz CT molecular complexity index is 158. The maximum absolute atomic E-state index is 3.70. The topological polar surface area (TPSA) is 12.0 Å². The zero-order valence-corrected chi connectivity index (χ0v) is 8.40. The van der Waals surface area contributed by atoms with E-state index in [0.29, 0.717) is 5.41 Å². The Labute approximate surface area is 75.9 Å². The lowest BCUT2D eigenvalue weighted by molar-refractivity contribution is 0.363. The van der Waals surface area contributed by atoms with Gasteiger partial charge in [-0.15, -0.1) is 0 Å². The molecule has 2 aliphatic rings. The Morgan fingerprint density at radius 3 is 2.50 bits per heavy atom. The molecule has 0 heterocycles. The highest BCUT2D eigenvalue weighted by Gasteiger charge is 2.31. The normalized spacial score (nSPS) is 34.0. The van der Waals surface area contributed by atoms with Crippen LogP contribution in [0.5, 0.6) is 0 Å². The third-order valence-corrected chi connectivity index (χ3v) is 3.36. The highest BCUT2D eigenvalue weighted by molar-refractivity contribution is 4.87. The van der Waals surface area contributed by atoms with Crippen LogP contribution < -0.4 is 5.32 Å². The first-order chi connectivity index (χ1) is 5.66. The van der Waals surface area contributed by atoms with Crippen LogP contribution in [0.1, 0.15) is 46.0 Å². The van der Waals surface area contributed by atoms with E-state index in [1.54, 1.807) is 0 Å². The summed E-state index contributed by atoms with van der Waals surface area (Å²) in [5, 5.41) is 3.70. The van der Waals surface area contributed by atoms with E-state index in [1.165, 1.54) is 38.6 Å². The molecule has 1 unspecified atom stereocenters. The van der Waals surface area contributed by atoms with E-state index in [2.05, 4.69) is 19.2 Å². The lowest BCUT2D eigenvalue weighted by Crippen LogP contribution is -2.29. The van der Waals surface area contributed by atoms with Crippen molar-refractivity contribution in [2.24, 2.45) is 11.3 Å². The van der Waals surface area contributed by atoms with Crippen molar-refractivity contribution in [2.75, 3.05) is 6.54 Å². The maximum Gasteiger partial charge on any atom is 0.00724 e. The first kappa shape index (κ1) is 8.55. The van der Waals surface area contributed by atoms with Crippen molar-refractivity contribution in [3.63, 3.8) is 0 Å². The first-order valence-corrected chi connectivity index (χ1v) is 5.39. The summed E-state index contributed by atoms with van der Waals surface area (Å²) in [6.45, 7) is 6.08. The van der Waals surface area contributed by atoms with Gasteiger partial charge in [0.2, 0.25) is 0 Å². The van der Waals surface area contributed by atoms with Crippen molar-refractivity contribution in [3.05, 3.63) is 0 Å². The molecule has 0 aromatic rings. The third-order valence-electron chi connectivity index (χ3n) is 3.36. The quantitative estimate of drug-likeness (QED) is 0.681. The Hall–Kier alpha value is -0.0400. The van der Waals surface area contributed by atoms with Gasteiger partial charge in [-0.25, -0.2) is 0 Å². The lowest BCUT2D eigenvalue weighted by atomic mass is 9.92. The summed E-state index contributed by atoms with van der Waals surface area (Å²) < 4.78 is 0. The molecule has 1 N–H and O–H groups in total. The standard InChI is InChI=1S/C11H21N/c1-11(2)6-5-10(7-11)12-8-9-3-4-9/h9-10,12H,3-8H2,1-2H3. The molecule has 0 amide bonds. The van der Waals surface area contributed by atoms with Crippen LogP contribution >= 0.6 is 0 Å². The molecular weight excluding hydrogens is 146 g/mol. The monoisotopic (exact) mass is 167 g/mol. The molecule has 70 valence electrons. The van der Waals surface area contributed by atoms with E-state index in [1.807, 2.05) is 0 Å². The van der Waals surface area contributed by atoms with Crippen molar-refractivity contribution in [2.45, 2.75) is 52.0 Å². The Morgan fingerprint density at radius 1 is 1.25 bits per heavy atom. The van der Waals surface area contributed by atoms with E-state index in [-0.39, 0.29) is 0 Å². The molecule has 0 aliphatic heterocycles. The molecule has 12 heavy (non-hydrogen) atoms. The summed E-state index contributed by atoms with van der Waals surface area (Å²) in [4.78, 5) is 0. The van der Waals surface area contributed by atoms with Crippen LogP contribution in [-0.4, -0.2) is 12.6 Å².